The third-order valence-corrected chi connectivity index (χ3v) is 5.63. The van der Waals surface area contributed by atoms with E-state index in [2.05, 4.69) is 55.1 Å². The van der Waals surface area contributed by atoms with Gasteiger partial charge in [0.15, 0.2) is 0 Å². The Balaban J connectivity index is 2.17. The second-order valence-corrected chi connectivity index (χ2v) is 7.35. The number of hydrogen-bond donors (Lipinski definition) is 1. The van der Waals surface area contributed by atoms with Gasteiger partial charge in [0.05, 0.1) is 32.2 Å². The third-order valence-electron chi connectivity index (χ3n) is 5.63. The fourth-order valence-corrected chi connectivity index (χ4v) is 3.93. The van der Waals surface area contributed by atoms with Gasteiger partial charge in [-0.05, 0) is 51.1 Å². The van der Waals surface area contributed by atoms with Crippen molar-refractivity contribution in [1.29, 1.82) is 0 Å². The Labute approximate surface area is 159 Å². The second-order valence-electron chi connectivity index (χ2n) is 7.35. The monoisotopic (exact) mass is 363 g/mol. The Morgan fingerprint density at radius 3 is 2.38 bits per heavy atom. The van der Waals surface area contributed by atoms with Crippen LogP contribution < -0.4 is 10.1 Å². The first-order chi connectivity index (χ1) is 12.5. The Kier molecular flexibility index (Phi) is 8.19. The van der Waals surface area contributed by atoms with E-state index in [4.69, 9.17) is 9.47 Å². The molecule has 0 aromatic heterocycles. The van der Waals surface area contributed by atoms with Crippen LogP contribution in [0.1, 0.15) is 46.5 Å². The van der Waals surface area contributed by atoms with Crippen molar-refractivity contribution in [1.82, 2.24) is 9.80 Å². The predicted octanol–water partition coefficient (Wildman–Crippen LogP) is 4.01. The maximum absolute atomic E-state index is 5.59. The quantitative estimate of drug-likeness (QED) is 0.636. The summed E-state index contributed by atoms with van der Waals surface area (Å²) < 4.78 is 10.9. The molecule has 0 radical (unpaired) electrons. The Morgan fingerprint density at radius 1 is 1.19 bits per heavy atom. The fraction of sp³-hybridized carbons (Fsp3) is 0.714. The normalized spacial score (nSPS) is 19.2. The highest BCUT2D eigenvalue weighted by Gasteiger charge is 2.38. The maximum Gasteiger partial charge on any atom is 0.119 e. The highest BCUT2D eigenvalue weighted by atomic mass is 16.5. The van der Waals surface area contributed by atoms with Crippen molar-refractivity contribution in [3.8, 4) is 5.75 Å². The van der Waals surface area contributed by atoms with Gasteiger partial charge in [-0.3, -0.25) is 9.80 Å². The number of nitrogens with one attached hydrogen (secondary N) is 1. The number of ether oxygens (including phenoxy) is 2. The lowest BCUT2D eigenvalue weighted by Crippen LogP contribution is -2.63. The molecule has 1 fully saturated rings. The minimum absolute atomic E-state index is 0.0256. The molecule has 5 heteroatoms. The highest BCUT2D eigenvalue weighted by molar-refractivity contribution is 5.47. The molecular weight excluding hydrogens is 326 g/mol. The topological polar surface area (TPSA) is 37.0 Å². The molecule has 1 saturated heterocycles. The van der Waals surface area contributed by atoms with Crippen LogP contribution in [0.2, 0.25) is 0 Å². The van der Waals surface area contributed by atoms with Crippen LogP contribution in [-0.4, -0.2) is 62.1 Å². The van der Waals surface area contributed by atoms with Gasteiger partial charge in [0.2, 0.25) is 0 Å². The summed E-state index contributed by atoms with van der Waals surface area (Å²) in [4.78, 5) is 5.13. The van der Waals surface area contributed by atoms with Crippen LogP contribution in [0, 0.1) is 0 Å². The average molecular weight is 364 g/mol. The SMILES string of the molecule is CCCC(Nc1ccc(OC)cc1)N(C)C(C)(CCC)N1CCOCC1. The van der Waals surface area contributed by atoms with Gasteiger partial charge in [0, 0.05) is 18.8 Å². The number of benzene rings is 1. The van der Waals surface area contributed by atoms with Crippen molar-refractivity contribution < 1.29 is 9.47 Å². The van der Waals surface area contributed by atoms with E-state index in [1.165, 1.54) is 6.42 Å². The fourth-order valence-electron chi connectivity index (χ4n) is 3.93. The molecule has 148 valence electrons. The minimum atomic E-state index is 0.0256. The van der Waals surface area contributed by atoms with Crippen molar-refractivity contribution in [3.05, 3.63) is 24.3 Å². The van der Waals surface area contributed by atoms with Crippen LogP contribution in [0.5, 0.6) is 5.75 Å². The molecule has 0 amide bonds. The van der Waals surface area contributed by atoms with E-state index in [0.29, 0.717) is 0 Å². The van der Waals surface area contributed by atoms with E-state index in [0.717, 1.165) is 57.0 Å². The summed E-state index contributed by atoms with van der Waals surface area (Å²) in [6, 6.07) is 8.22. The summed E-state index contributed by atoms with van der Waals surface area (Å²) in [6.45, 7) is 10.6. The first kappa shape index (κ1) is 21.0. The molecule has 2 atom stereocenters. The van der Waals surface area contributed by atoms with Gasteiger partial charge in [0.1, 0.15) is 5.75 Å². The number of rotatable bonds is 10. The lowest BCUT2D eigenvalue weighted by Gasteiger charge is -2.51. The lowest BCUT2D eigenvalue weighted by molar-refractivity contribution is -0.0990. The molecule has 5 nitrogen and oxygen atoms in total. The van der Waals surface area contributed by atoms with E-state index < -0.39 is 0 Å². The zero-order chi connectivity index (χ0) is 19.0. The molecule has 1 N–H and O–H groups in total. The molecule has 2 unspecified atom stereocenters. The van der Waals surface area contributed by atoms with E-state index in [1.807, 2.05) is 12.1 Å². The third kappa shape index (κ3) is 5.12. The van der Waals surface area contributed by atoms with Crippen LogP contribution in [0.15, 0.2) is 24.3 Å². The van der Waals surface area contributed by atoms with E-state index in [-0.39, 0.29) is 11.8 Å². The zero-order valence-corrected chi connectivity index (χ0v) is 17.3. The summed E-state index contributed by atoms with van der Waals surface area (Å²) in [5.74, 6) is 0.889. The number of anilines is 1. The van der Waals surface area contributed by atoms with Crippen molar-refractivity contribution >= 4 is 5.69 Å². The van der Waals surface area contributed by atoms with E-state index in [9.17, 15) is 0 Å². The van der Waals surface area contributed by atoms with E-state index in [1.54, 1.807) is 7.11 Å². The molecule has 2 rings (SSSR count). The van der Waals surface area contributed by atoms with Gasteiger partial charge >= 0.3 is 0 Å². The molecule has 0 aliphatic carbocycles. The number of nitrogens with zero attached hydrogens (tertiary/aromatic N) is 2. The summed E-state index contributed by atoms with van der Waals surface area (Å²) in [5, 5.41) is 3.75. The second kappa shape index (κ2) is 10.1. The van der Waals surface area contributed by atoms with Crippen molar-refractivity contribution in [2.45, 2.75) is 58.3 Å². The Bertz CT molecular complexity index is 516. The lowest BCUT2D eigenvalue weighted by atomic mass is 9.99. The first-order valence-electron chi connectivity index (χ1n) is 10.0. The molecule has 26 heavy (non-hydrogen) atoms. The molecule has 1 aromatic rings. The van der Waals surface area contributed by atoms with Crippen LogP contribution in [0.3, 0.4) is 0 Å². The molecular formula is C21H37N3O2. The highest BCUT2D eigenvalue weighted by Crippen LogP contribution is 2.30. The van der Waals surface area contributed by atoms with Gasteiger partial charge in [-0.15, -0.1) is 0 Å². The molecule has 1 aromatic carbocycles. The first-order valence-corrected chi connectivity index (χ1v) is 10.0. The summed E-state index contributed by atoms with van der Waals surface area (Å²) in [7, 11) is 3.97. The minimum Gasteiger partial charge on any atom is -0.497 e. The van der Waals surface area contributed by atoms with Crippen molar-refractivity contribution in [3.63, 3.8) is 0 Å². The Morgan fingerprint density at radius 2 is 1.85 bits per heavy atom. The van der Waals surface area contributed by atoms with E-state index >= 15 is 0 Å². The molecule has 1 aliphatic rings. The largest absolute Gasteiger partial charge is 0.497 e. The Hall–Kier alpha value is -1.30. The molecule has 0 spiro atoms. The molecule has 1 heterocycles. The van der Waals surface area contributed by atoms with Crippen LogP contribution >= 0.6 is 0 Å². The number of methoxy groups -OCH3 is 1. The standard InChI is InChI=1S/C21H37N3O2/c1-6-8-20(22-18-9-11-19(25-5)12-10-18)23(4)21(3,13-7-2)24-14-16-26-17-15-24/h9-12,20,22H,6-8,13-17H2,1-5H3. The molecule has 0 bridgehead atoms. The molecule has 0 saturated carbocycles. The van der Waals surface area contributed by atoms with Gasteiger partial charge in [-0.2, -0.15) is 0 Å². The number of hydrogen-bond acceptors (Lipinski definition) is 5. The van der Waals surface area contributed by atoms with Gasteiger partial charge < -0.3 is 14.8 Å². The van der Waals surface area contributed by atoms with Gasteiger partial charge in [-0.25, -0.2) is 0 Å². The van der Waals surface area contributed by atoms with Crippen LogP contribution in [0.25, 0.3) is 0 Å². The predicted molar refractivity (Wildman–Crippen MR) is 109 cm³/mol. The smallest absolute Gasteiger partial charge is 0.119 e. The summed E-state index contributed by atoms with van der Waals surface area (Å²) in [5.41, 5.74) is 1.16. The summed E-state index contributed by atoms with van der Waals surface area (Å²) >= 11 is 0. The zero-order valence-electron chi connectivity index (χ0n) is 17.3. The maximum atomic E-state index is 5.59. The number of morpholine rings is 1. The van der Waals surface area contributed by atoms with Crippen molar-refractivity contribution in [2.75, 3.05) is 45.8 Å². The van der Waals surface area contributed by atoms with Crippen molar-refractivity contribution in [2.24, 2.45) is 0 Å². The van der Waals surface area contributed by atoms with Crippen LogP contribution in [-0.2, 0) is 4.74 Å². The van der Waals surface area contributed by atoms with Crippen LogP contribution in [0.4, 0.5) is 5.69 Å². The average Bonchev–Trinajstić information content (AvgIpc) is 2.68. The molecule has 1 aliphatic heterocycles. The van der Waals surface area contributed by atoms with Gasteiger partial charge in [-0.1, -0.05) is 26.7 Å². The van der Waals surface area contributed by atoms with Gasteiger partial charge in [0.25, 0.3) is 0 Å². The summed E-state index contributed by atoms with van der Waals surface area (Å²) in [6.07, 6.45) is 4.84.